The third-order valence-corrected chi connectivity index (χ3v) is 7.66. The Balaban J connectivity index is 1.46. The van der Waals surface area contributed by atoms with Crippen LogP contribution in [0.4, 0.5) is 0 Å². The maximum absolute atomic E-state index is 6.13. The van der Waals surface area contributed by atoms with Gasteiger partial charge in [0.15, 0.2) is 0 Å². The van der Waals surface area contributed by atoms with Gasteiger partial charge in [-0.25, -0.2) is 0 Å². The van der Waals surface area contributed by atoms with E-state index in [0.29, 0.717) is 5.66 Å². The lowest BCUT2D eigenvalue weighted by molar-refractivity contribution is 0.281. The molecule has 2 atom stereocenters. The maximum Gasteiger partial charge on any atom is 0.130 e. The summed E-state index contributed by atoms with van der Waals surface area (Å²) in [6, 6.07) is 28.4. The van der Waals surface area contributed by atoms with Gasteiger partial charge in [-0.3, -0.25) is 0 Å². The van der Waals surface area contributed by atoms with Gasteiger partial charge in [0.25, 0.3) is 0 Å². The molecule has 5 rings (SSSR count). The molecule has 2 unspecified atom stereocenters. The Hall–Kier alpha value is -2.31. The zero-order valence-corrected chi connectivity index (χ0v) is 16.9. The zero-order valence-electron chi connectivity index (χ0n) is 15.9. The van der Waals surface area contributed by atoms with Crippen molar-refractivity contribution >= 4 is 13.9 Å². The zero-order chi connectivity index (χ0) is 18.8. The Morgan fingerprint density at radius 2 is 1.39 bits per heavy atom. The Morgan fingerprint density at radius 1 is 0.750 bits per heavy atom. The quantitative estimate of drug-likeness (QED) is 0.565. The monoisotopic (exact) mass is 388 g/mol. The van der Waals surface area contributed by atoms with E-state index in [0.717, 1.165) is 46.1 Å². The van der Waals surface area contributed by atoms with Gasteiger partial charge < -0.3 is 9.47 Å². The lowest BCUT2D eigenvalue weighted by Crippen LogP contribution is -2.14. The smallest absolute Gasteiger partial charge is 0.130 e. The van der Waals surface area contributed by atoms with Gasteiger partial charge in [0, 0.05) is 16.8 Å². The Morgan fingerprint density at radius 3 is 2.07 bits per heavy atom. The number of fused-ring (bicyclic) bond motifs is 2. The van der Waals surface area contributed by atoms with Gasteiger partial charge in [-0.05, 0) is 48.2 Å². The van der Waals surface area contributed by atoms with Crippen LogP contribution in [0.5, 0.6) is 11.5 Å². The summed E-state index contributed by atoms with van der Waals surface area (Å²) in [5.74, 6) is 1.94. The predicted octanol–water partition coefficient (Wildman–Crippen LogP) is 5.30. The fourth-order valence-electron chi connectivity index (χ4n) is 4.31. The second kappa shape index (κ2) is 7.60. The lowest BCUT2D eigenvalue weighted by Gasteiger charge is -2.20. The fraction of sp³-hybridized carbons (Fsp3) is 0.280. The highest BCUT2D eigenvalue weighted by Crippen LogP contribution is 2.61. The molecular weight excluding hydrogens is 363 g/mol. The van der Waals surface area contributed by atoms with E-state index in [1.54, 1.807) is 0 Å². The summed E-state index contributed by atoms with van der Waals surface area (Å²) in [5.41, 5.74) is 3.59. The van der Waals surface area contributed by atoms with Gasteiger partial charge in [0.1, 0.15) is 11.5 Å². The summed E-state index contributed by atoms with van der Waals surface area (Å²) in [6.45, 7) is 1.55. The van der Waals surface area contributed by atoms with E-state index in [-0.39, 0.29) is 5.41 Å². The number of hydrogen-bond acceptors (Lipinski definition) is 2. The second-order valence-electron chi connectivity index (χ2n) is 7.67. The standard InChI is InChI=1S/C25H25O2P/c1-3-9-19(10-4-1)25(20-11-5-2-6-12-20)18-24(25)28-23-14-13-21-17-22(23)27-16-8-7-15-26-21/h1-6,9-14,17,24,28H,7-8,15-16,18H2. The molecule has 142 valence electrons. The molecule has 0 radical (unpaired) electrons. The molecule has 3 aromatic rings. The molecule has 2 nitrogen and oxygen atoms in total. The van der Waals surface area contributed by atoms with Crippen molar-refractivity contribution in [2.75, 3.05) is 13.2 Å². The molecule has 0 spiro atoms. The van der Waals surface area contributed by atoms with Crippen molar-refractivity contribution in [1.82, 2.24) is 0 Å². The summed E-state index contributed by atoms with van der Waals surface area (Å²) in [5, 5.41) is 1.33. The molecule has 1 fully saturated rings. The molecule has 1 heterocycles. The third-order valence-electron chi connectivity index (χ3n) is 5.89. The van der Waals surface area contributed by atoms with Crippen molar-refractivity contribution in [3.63, 3.8) is 0 Å². The summed E-state index contributed by atoms with van der Waals surface area (Å²) in [4.78, 5) is 0. The van der Waals surface area contributed by atoms with Crippen molar-refractivity contribution in [1.29, 1.82) is 0 Å². The van der Waals surface area contributed by atoms with E-state index in [9.17, 15) is 0 Å². The Kier molecular flexibility index (Phi) is 4.82. The fourth-order valence-corrected chi connectivity index (χ4v) is 6.15. The first-order chi connectivity index (χ1) is 13.9. The molecule has 1 aliphatic heterocycles. The van der Waals surface area contributed by atoms with Gasteiger partial charge in [0.05, 0.1) is 13.2 Å². The van der Waals surface area contributed by atoms with Crippen LogP contribution < -0.4 is 14.8 Å². The topological polar surface area (TPSA) is 18.5 Å². The van der Waals surface area contributed by atoms with Crippen LogP contribution in [-0.4, -0.2) is 18.9 Å². The van der Waals surface area contributed by atoms with E-state index < -0.39 is 0 Å². The van der Waals surface area contributed by atoms with Crippen LogP contribution in [-0.2, 0) is 5.41 Å². The molecule has 3 aromatic carbocycles. The summed E-state index contributed by atoms with van der Waals surface area (Å²) in [6.07, 6.45) is 3.28. The minimum absolute atomic E-state index is 0.126. The highest BCUT2D eigenvalue weighted by atomic mass is 31.1. The number of ether oxygens (including phenoxy) is 2. The van der Waals surface area contributed by atoms with Gasteiger partial charge in [-0.1, -0.05) is 69.2 Å². The minimum atomic E-state index is 0.126. The number of benzene rings is 3. The molecule has 3 heteroatoms. The summed E-state index contributed by atoms with van der Waals surface area (Å²) >= 11 is 0. The molecule has 0 saturated heterocycles. The van der Waals surface area contributed by atoms with Crippen molar-refractivity contribution in [2.45, 2.75) is 30.3 Å². The molecule has 2 bridgehead atoms. The largest absolute Gasteiger partial charge is 0.493 e. The van der Waals surface area contributed by atoms with Crippen LogP contribution >= 0.6 is 8.58 Å². The van der Waals surface area contributed by atoms with Crippen LogP contribution in [0.15, 0.2) is 78.9 Å². The van der Waals surface area contributed by atoms with Crippen LogP contribution in [0.1, 0.15) is 30.4 Å². The highest BCUT2D eigenvalue weighted by molar-refractivity contribution is 7.48. The average Bonchev–Trinajstić information content (AvgIpc) is 3.46. The molecule has 0 aromatic heterocycles. The highest BCUT2D eigenvalue weighted by Gasteiger charge is 2.56. The van der Waals surface area contributed by atoms with Crippen molar-refractivity contribution in [3.05, 3.63) is 90.0 Å². The summed E-state index contributed by atoms with van der Waals surface area (Å²) < 4.78 is 12.0. The third kappa shape index (κ3) is 3.31. The van der Waals surface area contributed by atoms with Gasteiger partial charge in [0.2, 0.25) is 0 Å². The average molecular weight is 388 g/mol. The molecular formula is C25H25O2P. The van der Waals surface area contributed by atoms with Gasteiger partial charge >= 0.3 is 0 Å². The van der Waals surface area contributed by atoms with Crippen molar-refractivity contribution < 1.29 is 9.47 Å². The molecule has 1 aliphatic carbocycles. The Labute approximate surface area is 168 Å². The van der Waals surface area contributed by atoms with E-state index in [1.165, 1.54) is 22.9 Å². The van der Waals surface area contributed by atoms with Crippen LogP contribution in [0.3, 0.4) is 0 Å². The van der Waals surface area contributed by atoms with Gasteiger partial charge in [-0.15, -0.1) is 0 Å². The molecule has 28 heavy (non-hydrogen) atoms. The normalized spacial score (nSPS) is 20.5. The van der Waals surface area contributed by atoms with Crippen molar-refractivity contribution in [3.8, 4) is 11.5 Å². The van der Waals surface area contributed by atoms with E-state index in [2.05, 4.69) is 78.9 Å². The van der Waals surface area contributed by atoms with E-state index in [1.807, 2.05) is 0 Å². The predicted molar refractivity (Wildman–Crippen MR) is 117 cm³/mol. The van der Waals surface area contributed by atoms with Crippen LogP contribution in [0, 0.1) is 0 Å². The lowest BCUT2D eigenvalue weighted by atomic mass is 9.88. The van der Waals surface area contributed by atoms with Gasteiger partial charge in [-0.2, -0.15) is 0 Å². The molecule has 0 amide bonds. The number of rotatable bonds is 4. The first-order valence-corrected chi connectivity index (χ1v) is 11.2. The molecule has 2 aliphatic rings. The van der Waals surface area contributed by atoms with E-state index >= 15 is 0 Å². The second-order valence-corrected chi connectivity index (χ2v) is 9.19. The molecule has 0 N–H and O–H groups in total. The maximum atomic E-state index is 6.13. The van der Waals surface area contributed by atoms with Crippen LogP contribution in [0.25, 0.3) is 0 Å². The minimum Gasteiger partial charge on any atom is -0.493 e. The Bertz CT molecular complexity index is 900. The SMILES string of the molecule is c1ccc(C2(c3ccccc3)CC2Pc2ccc3cc2OCCCCO3)cc1. The van der Waals surface area contributed by atoms with Crippen LogP contribution in [0.2, 0.25) is 0 Å². The first kappa shape index (κ1) is 17.8. The van der Waals surface area contributed by atoms with Crippen molar-refractivity contribution in [2.24, 2.45) is 0 Å². The molecule has 1 saturated carbocycles. The van der Waals surface area contributed by atoms with E-state index in [4.69, 9.17) is 9.47 Å². The first-order valence-electron chi connectivity index (χ1n) is 10.1. The number of hydrogen-bond donors (Lipinski definition) is 0. The summed E-state index contributed by atoms with van der Waals surface area (Å²) in [7, 11) is 0.722.